The molecule has 1 saturated heterocycles. The third kappa shape index (κ3) is 4.38. The summed E-state index contributed by atoms with van der Waals surface area (Å²) in [6.07, 6.45) is 0.406. The van der Waals surface area contributed by atoms with E-state index in [1.54, 1.807) is 0 Å². The van der Waals surface area contributed by atoms with E-state index in [4.69, 9.17) is 4.74 Å². The highest BCUT2D eigenvalue weighted by atomic mass is 16.5. The molecule has 110 valence electrons. The highest BCUT2D eigenvalue weighted by Crippen LogP contribution is 2.39. The van der Waals surface area contributed by atoms with Crippen LogP contribution in [0.4, 0.5) is 4.79 Å². The number of carbonyl (C=O) groups is 2. The summed E-state index contributed by atoms with van der Waals surface area (Å²) in [7, 11) is 1.21. The molecule has 0 aromatic carbocycles. The Balaban J connectivity index is 2.89. The summed E-state index contributed by atoms with van der Waals surface area (Å²) in [4.78, 5) is 22.6. The number of carboxylic acid groups (broad SMARTS) is 1. The standard InChI is InChI=1S/C13H23NO5/c1-12(2)6-8(7-13(3,4)19-12)9(10(15)16)14-11(17)18-5/h8-9H,6-7H2,1-5H3,(H,14,17)(H,15,16)/t9-/m1/s1. The molecule has 1 heterocycles. The van der Waals surface area contributed by atoms with E-state index in [-0.39, 0.29) is 5.92 Å². The molecule has 0 saturated carbocycles. The average Bonchev–Trinajstić information content (AvgIpc) is 2.20. The van der Waals surface area contributed by atoms with E-state index in [0.717, 1.165) is 0 Å². The van der Waals surface area contributed by atoms with Gasteiger partial charge in [0.2, 0.25) is 0 Å². The second-order valence-corrected chi connectivity index (χ2v) is 6.24. The van der Waals surface area contributed by atoms with Gasteiger partial charge >= 0.3 is 12.1 Å². The largest absolute Gasteiger partial charge is 0.480 e. The van der Waals surface area contributed by atoms with Gasteiger partial charge in [0.25, 0.3) is 0 Å². The van der Waals surface area contributed by atoms with Gasteiger partial charge in [0.1, 0.15) is 6.04 Å². The van der Waals surface area contributed by atoms with Crippen molar-refractivity contribution in [1.29, 1.82) is 0 Å². The number of aliphatic carboxylic acids is 1. The number of alkyl carbamates (subject to hydrolysis) is 1. The molecule has 0 aliphatic carbocycles. The molecule has 0 unspecified atom stereocenters. The normalized spacial score (nSPS) is 23.4. The molecule has 1 fully saturated rings. The van der Waals surface area contributed by atoms with Crippen LogP contribution in [0.1, 0.15) is 40.5 Å². The summed E-state index contributed by atoms with van der Waals surface area (Å²) < 4.78 is 10.4. The Hall–Kier alpha value is -1.30. The SMILES string of the molecule is COC(=O)N[C@@H](C(=O)O)C1CC(C)(C)OC(C)(C)C1. The van der Waals surface area contributed by atoms with E-state index >= 15 is 0 Å². The van der Waals surface area contributed by atoms with Crippen LogP contribution in [0.15, 0.2) is 0 Å². The van der Waals surface area contributed by atoms with E-state index in [1.165, 1.54) is 7.11 Å². The maximum Gasteiger partial charge on any atom is 0.407 e. The highest BCUT2D eigenvalue weighted by Gasteiger charge is 2.44. The molecule has 2 N–H and O–H groups in total. The molecular weight excluding hydrogens is 250 g/mol. The lowest BCUT2D eigenvalue weighted by Crippen LogP contribution is -2.54. The first-order valence-electron chi connectivity index (χ1n) is 6.34. The molecule has 1 amide bonds. The molecular formula is C13H23NO5. The van der Waals surface area contributed by atoms with Crippen molar-refractivity contribution in [2.75, 3.05) is 7.11 Å². The van der Waals surface area contributed by atoms with Crippen LogP contribution in [0.2, 0.25) is 0 Å². The molecule has 1 aliphatic rings. The van der Waals surface area contributed by atoms with Crippen molar-refractivity contribution in [2.45, 2.75) is 57.8 Å². The van der Waals surface area contributed by atoms with Crippen LogP contribution in [0.25, 0.3) is 0 Å². The van der Waals surface area contributed by atoms with Gasteiger partial charge in [-0.15, -0.1) is 0 Å². The summed E-state index contributed by atoms with van der Waals surface area (Å²) in [6.45, 7) is 7.71. The number of amides is 1. The first-order chi connectivity index (χ1) is 8.56. The van der Waals surface area contributed by atoms with Crippen LogP contribution in [-0.2, 0) is 14.3 Å². The molecule has 6 heteroatoms. The van der Waals surface area contributed by atoms with E-state index in [1.807, 2.05) is 27.7 Å². The minimum absolute atomic E-state index is 0.199. The number of hydrogen-bond acceptors (Lipinski definition) is 4. The van der Waals surface area contributed by atoms with E-state index in [9.17, 15) is 14.7 Å². The maximum atomic E-state index is 11.4. The lowest BCUT2D eigenvalue weighted by molar-refractivity contribution is -0.179. The molecule has 0 aromatic rings. The minimum Gasteiger partial charge on any atom is -0.480 e. The first-order valence-corrected chi connectivity index (χ1v) is 6.34. The van der Waals surface area contributed by atoms with Gasteiger partial charge in [-0.3, -0.25) is 0 Å². The van der Waals surface area contributed by atoms with Crippen LogP contribution in [0, 0.1) is 5.92 Å². The molecule has 0 aromatic heterocycles. The molecule has 1 aliphatic heterocycles. The lowest BCUT2D eigenvalue weighted by Gasteiger charge is -2.46. The monoisotopic (exact) mass is 273 g/mol. The Kier molecular flexibility index (Phi) is 4.45. The molecule has 6 nitrogen and oxygen atoms in total. The topological polar surface area (TPSA) is 84.9 Å². The molecule has 1 rings (SSSR count). The zero-order chi connectivity index (χ0) is 14.8. The second-order valence-electron chi connectivity index (χ2n) is 6.24. The fourth-order valence-corrected chi connectivity index (χ4v) is 2.97. The van der Waals surface area contributed by atoms with Gasteiger partial charge in [-0.1, -0.05) is 0 Å². The smallest absolute Gasteiger partial charge is 0.407 e. The minimum atomic E-state index is -1.05. The zero-order valence-corrected chi connectivity index (χ0v) is 12.1. The van der Waals surface area contributed by atoms with Gasteiger partial charge in [-0.25, -0.2) is 9.59 Å². The van der Waals surface area contributed by atoms with Crippen molar-refractivity contribution in [3.63, 3.8) is 0 Å². The molecule has 0 bridgehead atoms. The van der Waals surface area contributed by atoms with Crippen molar-refractivity contribution in [3.8, 4) is 0 Å². The van der Waals surface area contributed by atoms with Crippen LogP contribution in [0.3, 0.4) is 0 Å². The second kappa shape index (κ2) is 5.36. The van der Waals surface area contributed by atoms with Crippen molar-refractivity contribution >= 4 is 12.1 Å². The Morgan fingerprint density at radius 3 is 2.11 bits per heavy atom. The van der Waals surface area contributed by atoms with E-state index < -0.39 is 29.3 Å². The van der Waals surface area contributed by atoms with E-state index in [2.05, 4.69) is 10.1 Å². The van der Waals surface area contributed by atoms with Crippen LogP contribution >= 0.6 is 0 Å². The quantitative estimate of drug-likeness (QED) is 0.818. The fraction of sp³-hybridized carbons (Fsp3) is 0.846. The maximum absolute atomic E-state index is 11.4. The van der Waals surface area contributed by atoms with Crippen LogP contribution < -0.4 is 5.32 Å². The summed E-state index contributed by atoms with van der Waals surface area (Å²) >= 11 is 0. The number of nitrogens with one attached hydrogen (secondary N) is 1. The molecule has 0 radical (unpaired) electrons. The van der Waals surface area contributed by atoms with Crippen molar-refractivity contribution < 1.29 is 24.2 Å². The fourth-order valence-electron chi connectivity index (χ4n) is 2.97. The number of rotatable bonds is 3. The van der Waals surface area contributed by atoms with Crippen LogP contribution in [0.5, 0.6) is 0 Å². The third-order valence-corrected chi connectivity index (χ3v) is 3.26. The third-order valence-electron chi connectivity index (χ3n) is 3.26. The van der Waals surface area contributed by atoms with Crippen molar-refractivity contribution in [2.24, 2.45) is 5.92 Å². The lowest BCUT2D eigenvalue weighted by atomic mass is 9.77. The van der Waals surface area contributed by atoms with Gasteiger partial charge in [-0.05, 0) is 46.5 Å². The molecule has 19 heavy (non-hydrogen) atoms. The summed E-state index contributed by atoms with van der Waals surface area (Å²) in [6, 6.07) is -0.963. The average molecular weight is 273 g/mol. The van der Waals surface area contributed by atoms with Crippen molar-refractivity contribution in [3.05, 3.63) is 0 Å². The predicted molar refractivity (Wildman–Crippen MR) is 68.9 cm³/mol. The van der Waals surface area contributed by atoms with Crippen molar-refractivity contribution in [1.82, 2.24) is 5.32 Å². The first kappa shape index (κ1) is 15.8. The Labute approximate surface area is 113 Å². The Morgan fingerprint density at radius 1 is 1.26 bits per heavy atom. The van der Waals surface area contributed by atoms with Gasteiger partial charge in [0.15, 0.2) is 0 Å². The summed E-state index contributed by atoms with van der Waals surface area (Å²) in [5, 5.41) is 11.7. The van der Waals surface area contributed by atoms with Gasteiger partial charge < -0.3 is 19.9 Å². The van der Waals surface area contributed by atoms with Gasteiger partial charge in [0.05, 0.1) is 18.3 Å². The van der Waals surface area contributed by atoms with Gasteiger partial charge in [0, 0.05) is 0 Å². The van der Waals surface area contributed by atoms with Crippen LogP contribution in [-0.4, -0.2) is 41.5 Å². The van der Waals surface area contributed by atoms with E-state index in [0.29, 0.717) is 12.8 Å². The predicted octanol–water partition coefficient (Wildman–Crippen LogP) is 1.78. The number of ether oxygens (including phenoxy) is 2. The number of carboxylic acids is 1. The Bertz CT molecular complexity index is 348. The molecule has 1 atom stereocenters. The van der Waals surface area contributed by atoms with Gasteiger partial charge in [-0.2, -0.15) is 0 Å². The Morgan fingerprint density at radius 2 is 1.74 bits per heavy atom. The highest BCUT2D eigenvalue weighted by molar-refractivity contribution is 5.80. The zero-order valence-electron chi connectivity index (χ0n) is 12.1. The molecule has 0 spiro atoms. The summed E-state index contributed by atoms with van der Waals surface area (Å²) in [5.74, 6) is -1.25. The number of hydrogen-bond donors (Lipinski definition) is 2. The number of carbonyl (C=O) groups excluding carboxylic acids is 1. The summed E-state index contributed by atoms with van der Waals surface area (Å²) in [5.41, 5.74) is -0.837. The number of methoxy groups -OCH3 is 1.